The van der Waals surface area contributed by atoms with Crippen LogP contribution in [0.3, 0.4) is 0 Å². The monoisotopic (exact) mass is 633 g/mol. The van der Waals surface area contributed by atoms with Gasteiger partial charge in [-0.05, 0) is 42.2 Å². The van der Waals surface area contributed by atoms with Crippen molar-refractivity contribution in [2.45, 2.75) is 34.5 Å². The van der Waals surface area contributed by atoms with Gasteiger partial charge in [-0.2, -0.15) is 0 Å². The predicted octanol–water partition coefficient (Wildman–Crippen LogP) is 5.80. The number of halogens is 2. The van der Waals surface area contributed by atoms with Gasteiger partial charge < -0.3 is 19.3 Å². The Bertz CT molecular complexity index is 1270. The summed E-state index contributed by atoms with van der Waals surface area (Å²) in [5, 5.41) is 10.4. The van der Waals surface area contributed by atoms with Crippen molar-refractivity contribution >= 4 is 34.7 Å². The van der Waals surface area contributed by atoms with E-state index in [1.54, 1.807) is 42.5 Å². The molecular formula is C29H29FINO6. The van der Waals surface area contributed by atoms with Gasteiger partial charge in [-0.1, -0.05) is 83.3 Å². The fraction of sp³-hybridized carbons (Fsp3) is 0.310. The lowest BCUT2D eigenvalue weighted by atomic mass is 9.80. The zero-order valence-corrected chi connectivity index (χ0v) is 23.3. The highest BCUT2D eigenvalue weighted by molar-refractivity contribution is 14.1. The standard InChI is InChI=1S/C29H29FINO6/c1-36-19-29(26(33)37-2)28(31,16-20-8-4-3-5-9-20)17-25(32(29)27(34)35)21-12-14-23(15-13-21)38-18-22-10-6-7-11-24(22)30/h3-15,25H,16-19H2,1-2H3,(H,34,35)/t25-,28?,29-/m1/s1. The first-order chi connectivity index (χ1) is 18.3. The molecule has 4 rings (SSSR count). The number of carboxylic acid groups (broad SMARTS) is 1. The highest BCUT2D eigenvalue weighted by atomic mass is 127. The molecule has 1 aliphatic rings. The number of esters is 1. The van der Waals surface area contributed by atoms with E-state index in [0.717, 1.165) is 5.56 Å². The number of ether oxygens (including phenoxy) is 3. The molecule has 0 spiro atoms. The molecule has 1 heterocycles. The molecule has 3 aromatic rings. The Hall–Kier alpha value is -3.18. The number of carbonyl (C=O) groups is 2. The third-order valence-corrected chi connectivity index (χ3v) is 8.72. The molecule has 1 fully saturated rings. The maximum Gasteiger partial charge on any atom is 0.408 e. The molecule has 0 saturated carbocycles. The van der Waals surface area contributed by atoms with Crippen LogP contribution in [0, 0.1) is 5.82 Å². The molecule has 7 nitrogen and oxygen atoms in total. The molecule has 0 aliphatic carbocycles. The predicted molar refractivity (Wildman–Crippen MR) is 148 cm³/mol. The molecule has 0 radical (unpaired) electrons. The van der Waals surface area contributed by atoms with Crippen molar-refractivity contribution < 1.29 is 33.3 Å². The number of carbonyl (C=O) groups excluding carboxylic acids is 1. The Balaban J connectivity index is 1.69. The normalized spacial score (nSPS) is 22.7. The minimum Gasteiger partial charge on any atom is -0.489 e. The fourth-order valence-corrected chi connectivity index (χ4v) is 6.72. The molecule has 3 aromatic carbocycles. The summed E-state index contributed by atoms with van der Waals surface area (Å²) in [6.45, 7) is -0.105. The van der Waals surface area contributed by atoms with E-state index in [1.807, 2.05) is 30.3 Å². The Morgan fingerprint density at radius 3 is 2.29 bits per heavy atom. The van der Waals surface area contributed by atoms with Gasteiger partial charge in [-0.3, -0.25) is 4.90 Å². The van der Waals surface area contributed by atoms with Gasteiger partial charge in [-0.15, -0.1) is 0 Å². The highest BCUT2D eigenvalue weighted by Gasteiger charge is 2.69. The second kappa shape index (κ2) is 11.7. The van der Waals surface area contributed by atoms with Gasteiger partial charge in [0, 0.05) is 12.7 Å². The number of benzene rings is 3. The number of hydrogen-bond donors (Lipinski definition) is 1. The first kappa shape index (κ1) is 27.8. The third-order valence-electron chi connectivity index (χ3n) is 7.01. The zero-order valence-electron chi connectivity index (χ0n) is 21.1. The van der Waals surface area contributed by atoms with Gasteiger partial charge in [0.25, 0.3) is 0 Å². The van der Waals surface area contributed by atoms with Gasteiger partial charge >= 0.3 is 12.1 Å². The lowest BCUT2D eigenvalue weighted by molar-refractivity contribution is -0.158. The topological polar surface area (TPSA) is 85.3 Å². The molecule has 9 heteroatoms. The van der Waals surface area contributed by atoms with E-state index in [-0.39, 0.29) is 19.0 Å². The number of methoxy groups -OCH3 is 2. The van der Waals surface area contributed by atoms with Crippen molar-refractivity contribution in [1.29, 1.82) is 0 Å². The molecule has 1 aliphatic heterocycles. The Labute approximate surface area is 234 Å². The SMILES string of the molecule is COC[C@]1(C(=O)OC)N(C(=O)O)[C@@H](c2ccc(OCc3ccccc3F)cc2)CC1(I)Cc1ccccc1. The third kappa shape index (κ3) is 5.22. The Morgan fingerprint density at radius 2 is 1.68 bits per heavy atom. The van der Waals surface area contributed by atoms with E-state index < -0.39 is 27.1 Å². The highest BCUT2D eigenvalue weighted by Crippen LogP contribution is 2.56. The fourth-order valence-electron chi connectivity index (χ4n) is 5.23. The summed E-state index contributed by atoms with van der Waals surface area (Å²) >= 11 is 2.22. The molecule has 200 valence electrons. The maximum absolute atomic E-state index is 13.9. The summed E-state index contributed by atoms with van der Waals surface area (Å²) in [6.07, 6.45) is -0.469. The van der Waals surface area contributed by atoms with Gasteiger partial charge in [0.2, 0.25) is 0 Å². The first-order valence-electron chi connectivity index (χ1n) is 12.0. The number of likely N-dealkylation sites (tertiary alicyclic amines) is 1. The van der Waals surface area contributed by atoms with Crippen LogP contribution in [0.25, 0.3) is 0 Å². The lowest BCUT2D eigenvalue weighted by Crippen LogP contribution is -2.66. The molecule has 0 bridgehead atoms. The number of rotatable bonds is 9. The smallest absolute Gasteiger partial charge is 0.408 e. The second-order valence-corrected chi connectivity index (χ2v) is 11.3. The quantitative estimate of drug-likeness (QED) is 0.182. The average molecular weight is 633 g/mol. The van der Waals surface area contributed by atoms with Crippen LogP contribution in [-0.2, 0) is 27.3 Å². The second-order valence-electron chi connectivity index (χ2n) is 9.23. The summed E-state index contributed by atoms with van der Waals surface area (Å²) in [7, 11) is 2.70. The summed E-state index contributed by atoms with van der Waals surface area (Å²) in [5.41, 5.74) is 0.502. The van der Waals surface area contributed by atoms with Crippen molar-refractivity contribution in [3.05, 3.63) is 101 Å². The maximum atomic E-state index is 13.9. The van der Waals surface area contributed by atoms with Gasteiger partial charge in [0.1, 0.15) is 18.2 Å². The zero-order chi connectivity index (χ0) is 27.3. The summed E-state index contributed by atoms with van der Waals surface area (Å²) in [5.74, 6) is -0.501. The van der Waals surface area contributed by atoms with E-state index in [2.05, 4.69) is 22.6 Å². The van der Waals surface area contributed by atoms with Gasteiger partial charge in [-0.25, -0.2) is 14.0 Å². The minimum absolute atomic E-state index is 0.0595. The van der Waals surface area contributed by atoms with Crippen LogP contribution in [0.5, 0.6) is 5.75 Å². The van der Waals surface area contributed by atoms with E-state index in [0.29, 0.717) is 29.7 Å². The average Bonchev–Trinajstić information content (AvgIpc) is 3.17. The number of nitrogens with zero attached hydrogens (tertiary/aromatic N) is 1. The van der Waals surface area contributed by atoms with Crippen molar-refractivity contribution in [3.63, 3.8) is 0 Å². The van der Waals surface area contributed by atoms with Crippen molar-refractivity contribution in [2.75, 3.05) is 20.8 Å². The molecule has 1 saturated heterocycles. The summed E-state index contributed by atoms with van der Waals surface area (Å²) in [4.78, 5) is 27.4. The minimum atomic E-state index is -1.59. The van der Waals surface area contributed by atoms with Crippen LogP contribution in [0.4, 0.5) is 9.18 Å². The van der Waals surface area contributed by atoms with E-state index >= 15 is 0 Å². The van der Waals surface area contributed by atoms with Crippen LogP contribution >= 0.6 is 22.6 Å². The van der Waals surface area contributed by atoms with E-state index in [9.17, 15) is 19.1 Å². The van der Waals surface area contributed by atoms with Crippen LogP contribution in [0.15, 0.2) is 78.9 Å². The van der Waals surface area contributed by atoms with Gasteiger partial charge in [0.05, 0.1) is 23.2 Å². The van der Waals surface area contributed by atoms with Crippen LogP contribution < -0.4 is 4.74 Å². The first-order valence-corrected chi connectivity index (χ1v) is 13.1. The largest absolute Gasteiger partial charge is 0.489 e. The van der Waals surface area contributed by atoms with E-state index in [1.165, 1.54) is 25.2 Å². The van der Waals surface area contributed by atoms with Crippen molar-refractivity contribution in [2.24, 2.45) is 0 Å². The number of hydrogen-bond acceptors (Lipinski definition) is 5. The molecule has 1 N–H and O–H groups in total. The van der Waals surface area contributed by atoms with Crippen LogP contribution in [-0.4, -0.2) is 51.9 Å². The Morgan fingerprint density at radius 1 is 1.03 bits per heavy atom. The number of alkyl halides is 1. The lowest BCUT2D eigenvalue weighted by Gasteiger charge is -2.43. The molecular weight excluding hydrogens is 604 g/mol. The molecule has 3 atom stereocenters. The Kier molecular flexibility index (Phi) is 8.57. The van der Waals surface area contributed by atoms with Crippen LogP contribution in [0.1, 0.15) is 29.2 Å². The van der Waals surface area contributed by atoms with E-state index in [4.69, 9.17) is 14.2 Å². The molecule has 1 unspecified atom stereocenters. The molecule has 0 aromatic heterocycles. The van der Waals surface area contributed by atoms with Crippen molar-refractivity contribution in [3.8, 4) is 5.75 Å². The van der Waals surface area contributed by atoms with Crippen molar-refractivity contribution in [1.82, 2.24) is 4.90 Å². The van der Waals surface area contributed by atoms with Crippen LogP contribution in [0.2, 0.25) is 0 Å². The van der Waals surface area contributed by atoms with Gasteiger partial charge in [0.15, 0.2) is 5.54 Å². The number of amides is 1. The summed E-state index contributed by atoms with van der Waals surface area (Å²) in [6, 6.07) is 22.4. The summed E-state index contributed by atoms with van der Waals surface area (Å²) < 4.78 is 29.5. The molecule has 1 amide bonds. The molecule has 38 heavy (non-hydrogen) atoms.